The van der Waals surface area contributed by atoms with Gasteiger partial charge < -0.3 is 9.15 Å². The standard InChI is InChI=1S/C23H19FN2O4/c1-13-18-12-7-15-5-3-4-6-19(15)21(18)30-20(13)23(28)26-25-22(27)14(2)29-17-10-8-16(24)9-11-17/h3-12,14H,1-2H3,(H,25,27)(H,26,28)/t14-/m0/s1. The monoisotopic (exact) mass is 406 g/mol. The Balaban J connectivity index is 1.46. The molecule has 1 aromatic heterocycles. The van der Waals surface area contributed by atoms with Gasteiger partial charge in [0.05, 0.1) is 0 Å². The van der Waals surface area contributed by atoms with Crippen molar-refractivity contribution in [3.05, 3.63) is 77.8 Å². The summed E-state index contributed by atoms with van der Waals surface area (Å²) in [6, 6.07) is 16.9. The van der Waals surface area contributed by atoms with Gasteiger partial charge in [-0.3, -0.25) is 20.4 Å². The highest BCUT2D eigenvalue weighted by Gasteiger charge is 2.21. The van der Waals surface area contributed by atoms with E-state index in [-0.39, 0.29) is 5.76 Å². The van der Waals surface area contributed by atoms with Gasteiger partial charge in [-0.05, 0) is 43.5 Å². The van der Waals surface area contributed by atoms with E-state index < -0.39 is 23.7 Å². The van der Waals surface area contributed by atoms with Gasteiger partial charge in [0, 0.05) is 16.3 Å². The third-order valence-corrected chi connectivity index (χ3v) is 4.83. The Hall–Kier alpha value is -3.87. The highest BCUT2D eigenvalue weighted by atomic mass is 19.1. The molecule has 7 heteroatoms. The maximum absolute atomic E-state index is 13.0. The summed E-state index contributed by atoms with van der Waals surface area (Å²) in [6.07, 6.45) is -0.906. The van der Waals surface area contributed by atoms with Crippen LogP contribution in [0.25, 0.3) is 21.7 Å². The molecule has 0 aliphatic heterocycles. The van der Waals surface area contributed by atoms with E-state index in [1.165, 1.54) is 31.2 Å². The van der Waals surface area contributed by atoms with Crippen LogP contribution in [0.4, 0.5) is 4.39 Å². The summed E-state index contributed by atoms with van der Waals surface area (Å²) in [5.41, 5.74) is 5.97. The maximum Gasteiger partial charge on any atom is 0.305 e. The summed E-state index contributed by atoms with van der Waals surface area (Å²) in [6.45, 7) is 3.31. The van der Waals surface area contributed by atoms with Gasteiger partial charge in [-0.25, -0.2) is 4.39 Å². The number of amides is 2. The number of fused-ring (bicyclic) bond motifs is 3. The number of benzene rings is 3. The molecule has 6 nitrogen and oxygen atoms in total. The van der Waals surface area contributed by atoms with Gasteiger partial charge in [-0.15, -0.1) is 0 Å². The van der Waals surface area contributed by atoms with Crippen molar-refractivity contribution in [2.45, 2.75) is 20.0 Å². The molecule has 1 atom stereocenters. The fourth-order valence-electron chi connectivity index (χ4n) is 3.21. The van der Waals surface area contributed by atoms with Crippen molar-refractivity contribution in [2.75, 3.05) is 0 Å². The van der Waals surface area contributed by atoms with Crippen LogP contribution in [0.5, 0.6) is 5.75 Å². The Labute approximate surface area is 171 Å². The Morgan fingerprint density at radius 2 is 1.70 bits per heavy atom. The van der Waals surface area contributed by atoms with Crippen LogP contribution in [0.2, 0.25) is 0 Å². The van der Waals surface area contributed by atoms with Gasteiger partial charge in [0.15, 0.2) is 11.9 Å². The van der Waals surface area contributed by atoms with Crippen LogP contribution in [-0.4, -0.2) is 17.9 Å². The minimum Gasteiger partial charge on any atom is -0.481 e. The van der Waals surface area contributed by atoms with Crippen molar-refractivity contribution in [3.8, 4) is 5.75 Å². The number of rotatable bonds is 4. The van der Waals surface area contributed by atoms with Gasteiger partial charge >= 0.3 is 5.91 Å². The fourth-order valence-corrected chi connectivity index (χ4v) is 3.21. The molecule has 3 aromatic carbocycles. The number of hydrogen-bond acceptors (Lipinski definition) is 4. The smallest absolute Gasteiger partial charge is 0.305 e. The molecule has 4 aromatic rings. The van der Waals surface area contributed by atoms with Crippen molar-refractivity contribution < 1.29 is 23.1 Å². The summed E-state index contributed by atoms with van der Waals surface area (Å²) in [7, 11) is 0. The van der Waals surface area contributed by atoms with E-state index >= 15 is 0 Å². The minimum atomic E-state index is -0.906. The molecular weight excluding hydrogens is 387 g/mol. The molecule has 0 aliphatic carbocycles. The zero-order chi connectivity index (χ0) is 21.3. The Morgan fingerprint density at radius 3 is 2.47 bits per heavy atom. The van der Waals surface area contributed by atoms with E-state index in [0.29, 0.717) is 16.9 Å². The second-order valence-corrected chi connectivity index (χ2v) is 6.88. The van der Waals surface area contributed by atoms with Gasteiger partial charge in [0.1, 0.15) is 17.1 Å². The van der Waals surface area contributed by atoms with E-state index in [1.54, 1.807) is 6.92 Å². The van der Waals surface area contributed by atoms with Gasteiger partial charge in [0.25, 0.3) is 5.91 Å². The van der Waals surface area contributed by atoms with Crippen LogP contribution in [-0.2, 0) is 4.79 Å². The second-order valence-electron chi connectivity index (χ2n) is 6.88. The van der Waals surface area contributed by atoms with Crippen LogP contribution in [0.15, 0.2) is 65.1 Å². The lowest BCUT2D eigenvalue weighted by molar-refractivity contribution is -0.128. The Kier molecular flexibility index (Phi) is 5.10. The molecule has 1 heterocycles. The van der Waals surface area contributed by atoms with Crippen LogP contribution in [0.3, 0.4) is 0 Å². The number of hydrazine groups is 1. The van der Waals surface area contributed by atoms with E-state index in [4.69, 9.17) is 9.15 Å². The average molecular weight is 406 g/mol. The van der Waals surface area contributed by atoms with Crippen molar-refractivity contribution >= 4 is 33.6 Å². The van der Waals surface area contributed by atoms with E-state index in [1.807, 2.05) is 36.4 Å². The molecular formula is C23H19FN2O4. The molecule has 0 fully saturated rings. The number of carbonyl (C=O) groups is 2. The first-order chi connectivity index (χ1) is 14.4. The highest BCUT2D eigenvalue weighted by Crippen LogP contribution is 2.31. The molecule has 0 spiro atoms. The predicted molar refractivity (Wildman–Crippen MR) is 111 cm³/mol. The minimum absolute atomic E-state index is 0.119. The lowest BCUT2D eigenvalue weighted by Gasteiger charge is -2.14. The number of hydrogen-bond donors (Lipinski definition) is 2. The van der Waals surface area contributed by atoms with Crippen molar-refractivity contribution in [1.82, 2.24) is 10.9 Å². The number of furan rings is 1. The van der Waals surface area contributed by atoms with Gasteiger partial charge in [0.2, 0.25) is 0 Å². The summed E-state index contributed by atoms with van der Waals surface area (Å²) in [4.78, 5) is 24.8. The Bertz CT molecular complexity index is 1250. The van der Waals surface area contributed by atoms with E-state index in [0.717, 1.165) is 16.2 Å². The van der Waals surface area contributed by atoms with Crippen LogP contribution >= 0.6 is 0 Å². The maximum atomic E-state index is 13.0. The lowest BCUT2D eigenvalue weighted by atomic mass is 10.1. The number of nitrogens with one attached hydrogen (secondary N) is 2. The van der Waals surface area contributed by atoms with Crippen molar-refractivity contribution in [1.29, 1.82) is 0 Å². The van der Waals surface area contributed by atoms with Crippen LogP contribution < -0.4 is 15.6 Å². The third kappa shape index (κ3) is 3.69. The fraction of sp³-hybridized carbons (Fsp3) is 0.130. The molecule has 0 bridgehead atoms. The summed E-state index contributed by atoms with van der Waals surface area (Å²) in [5.74, 6) is -1.08. The number of aryl methyl sites for hydroxylation is 1. The number of halogens is 1. The van der Waals surface area contributed by atoms with Crippen LogP contribution in [0.1, 0.15) is 23.0 Å². The normalized spacial score (nSPS) is 12.0. The van der Waals surface area contributed by atoms with E-state index in [9.17, 15) is 14.0 Å². The molecule has 30 heavy (non-hydrogen) atoms. The van der Waals surface area contributed by atoms with Crippen molar-refractivity contribution in [2.24, 2.45) is 0 Å². The van der Waals surface area contributed by atoms with Gasteiger partial charge in [-0.2, -0.15) is 0 Å². The van der Waals surface area contributed by atoms with Crippen LogP contribution in [0, 0.1) is 12.7 Å². The largest absolute Gasteiger partial charge is 0.481 e. The molecule has 152 valence electrons. The Morgan fingerprint density at radius 1 is 0.967 bits per heavy atom. The zero-order valence-electron chi connectivity index (χ0n) is 16.4. The van der Waals surface area contributed by atoms with E-state index in [2.05, 4.69) is 10.9 Å². The number of carbonyl (C=O) groups excluding carboxylic acids is 2. The summed E-state index contributed by atoms with van der Waals surface area (Å²) in [5, 5.41) is 2.74. The molecule has 2 amide bonds. The third-order valence-electron chi connectivity index (χ3n) is 4.83. The number of ether oxygens (including phenoxy) is 1. The quantitative estimate of drug-likeness (QED) is 0.496. The second kappa shape index (κ2) is 7.87. The lowest BCUT2D eigenvalue weighted by Crippen LogP contribution is -2.47. The molecule has 0 saturated carbocycles. The molecule has 0 unspecified atom stereocenters. The summed E-state index contributed by atoms with van der Waals surface area (Å²) >= 11 is 0. The first kappa shape index (κ1) is 19.4. The average Bonchev–Trinajstić information content (AvgIpc) is 3.10. The first-order valence-corrected chi connectivity index (χ1v) is 9.37. The highest BCUT2D eigenvalue weighted by molar-refractivity contribution is 6.09. The molecule has 0 aliphatic rings. The first-order valence-electron chi connectivity index (χ1n) is 9.37. The molecule has 2 N–H and O–H groups in total. The zero-order valence-corrected chi connectivity index (χ0v) is 16.4. The van der Waals surface area contributed by atoms with Gasteiger partial charge in [-0.1, -0.05) is 36.4 Å². The molecule has 0 radical (unpaired) electrons. The topological polar surface area (TPSA) is 80.6 Å². The summed E-state index contributed by atoms with van der Waals surface area (Å²) < 4.78 is 24.2. The SMILES string of the molecule is Cc1c(C(=O)NNC(=O)[C@H](C)Oc2ccc(F)cc2)oc2c1ccc1ccccc12. The predicted octanol–water partition coefficient (Wildman–Crippen LogP) is 4.26. The molecule has 0 saturated heterocycles. The van der Waals surface area contributed by atoms with Crippen molar-refractivity contribution in [3.63, 3.8) is 0 Å². The molecule has 4 rings (SSSR count).